The number of nitrogens with one attached hydrogen (secondary N) is 1. The third-order valence-corrected chi connectivity index (χ3v) is 4.60. The quantitative estimate of drug-likeness (QED) is 0.639. The first-order valence-electron chi connectivity index (χ1n) is 7.36. The minimum Gasteiger partial charge on any atom is -0.406 e. The van der Waals surface area contributed by atoms with Gasteiger partial charge in [-0.05, 0) is 29.8 Å². The Hall–Kier alpha value is -2.72. The van der Waals surface area contributed by atoms with Gasteiger partial charge in [0, 0.05) is 6.54 Å². The van der Waals surface area contributed by atoms with Crippen molar-refractivity contribution in [2.75, 3.05) is 5.73 Å². The van der Waals surface area contributed by atoms with E-state index in [1.54, 1.807) is 12.1 Å². The van der Waals surface area contributed by atoms with Crippen molar-refractivity contribution in [2.24, 2.45) is 0 Å². The second-order valence-electron chi connectivity index (χ2n) is 5.25. The Balaban J connectivity index is 1.69. The second-order valence-corrected chi connectivity index (χ2v) is 6.96. The van der Waals surface area contributed by atoms with Crippen molar-refractivity contribution in [2.45, 2.75) is 12.9 Å². The highest BCUT2D eigenvalue weighted by Crippen LogP contribution is 2.34. The van der Waals surface area contributed by atoms with E-state index in [0.29, 0.717) is 14.8 Å². The lowest BCUT2D eigenvalue weighted by atomic mass is 10.1. The molecule has 27 heavy (non-hydrogen) atoms. The summed E-state index contributed by atoms with van der Waals surface area (Å²) in [7, 11) is 0. The van der Waals surface area contributed by atoms with Gasteiger partial charge in [0.15, 0.2) is 0 Å². The number of hydrogen-bond donors (Lipinski definition) is 2. The van der Waals surface area contributed by atoms with Crippen LogP contribution in [0.25, 0.3) is 10.6 Å². The normalized spacial score (nSPS) is 11.4. The molecule has 0 aliphatic heterocycles. The van der Waals surface area contributed by atoms with E-state index in [1.807, 2.05) is 0 Å². The van der Waals surface area contributed by atoms with Crippen LogP contribution < -0.4 is 15.8 Å². The molecule has 1 aromatic carbocycles. The van der Waals surface area contributed by atoms with Crippen molar-refractivity contribution < 1.29 is 27.2 Å². The minimum atomic E-state index is -4.76. The van der Waals surface area contributed by atoms with Crippen LogP contribution in [0.15, 0.2) is 40.9 Å². The third-order valence-electron chi connectivity index (χ3n) is 3.36. The number of anilines is 1. The topological polar surface area (TPSA) is 90.4 Å². The zero-order valence-corrected chi connectivity index (χ0v) is 14.9. The van der Waals surface area contributed by atoms with Crippen LogP contribution in [0.5, 0.6) is 5.75 Å². The lowest BCUT2D eigenvalue weighted by molar-refractivity contribution is -0.274. The van der Waals surface area contributed by atoms with Gasteiger partial charge in [-0.15, -0.1) is 24.5 Å². The molecule has 142 valence electrons. The molecule has 0 aliphatic rings. The van der Waals surface area contributed by atoms with Gasteiger partial charge in [-0.2, -0.15) is 0 Å². The van der Waals surface area contributed by atoms with E-state index in [-0.39, 0.29) is 29.4 Å². The summed E-state index contributed by atoms with van der Waals surface area (Å²) in [5.74, 6) is -1.04. The van der Waals surface area contributed by atoms with Crippen LogP contribution in [-0.4, -0.2) is 17.4 Å². The van der Waals surface area contributed by atoms with Crippen molar-refractivity contribution in [3.8, 4) is 16.3 Å². The number of ether oxygens (including phenoxy) is 1. The van der Waals surface area contributed by atoms with Crippen LogP contribution in [0.1, 0.15) is 15.9 Å². The van der Waals surface area contributed by atoms with Crippen molar-refractivity contribution in [3.63, 3.8) is 0 Å². The van der Waals surface area contributed by atoms with Gasteiger partial charge in [0.05, 0.1) is 9.21 Å². The molecule has 0 saturated heterocycles. The summed E-state index contributed by atoms with van der Waals surface area (Å²) in [5.41, 5.74) is 6.58. The van der Waals surface area contributed by atoms with Crippen LogP contribution in [0.3, 0.4) is 0 Å². The molecule has 2 heterocycles. The predicted octanol–water partition coefficient (Wildman–Crippen LogP) is 4.47. The smallest absolute Gasteiger partial charge is 0.406 e. The summed E-state index contributed by atoms with van der Waals surface area (Å²) in [6.07, 6.45) is -4.76. The van der Waals surface area contributed by atoms with Crippen molar-refractivity contribution >= 4 is 34.7 Å². The highest BCUT2D eigenvalue weighted by atomic mass is 35.5. The molecule has 2 aromatic heterocycles. The number of hydrogen-bond acceptors (Lipinski definition) is 6. The molecule has 1 amide bonds. The zero-order chi connectivity index (χ0) is 19.6. The molecule has 11 heteroatoms. The van der Waals surface area contributed by atoms with Gasteiger partial charge in [0.25, 0.3) is 5.91 Å². The molecule has 0 atom stereocenters. The number of nitrogens with zero attached hydrogens (tertiary/aromatic N) is 1. The number of thiophene rings is 1. The minimum absolute atomic E-state index is 0.0559. The van der Waals surface area contributed by atoms with Crippen LogP contribution in [0, 0.1) is 0 Å². The van der Waals surface area contributed by atoms with Crippen molar-refractivity contribution in [1.29, 1.82) is 0 Å². The number of carbonyl (C=O) groups is 1. The molecule has 3 N–H and O–H groups in total. The summed E-state index contributed by atoms with van der Waals surface area (Å²) >= 11 is 7.10. The van der Waals surface area contributed by atoms with E-state index >= 15 is 0 Å². The average molecular weight is 418 g/mol. The number of nitrogen functional groups attached to an aromatic ring is 1. The van der Waals surface area contributed by atoms with Crippen LogP contribution in [0.2, 0.25) is 4.34 Å². The molecule has 0 aliphatic carbocycles. The maximum Gasteiger partial charge on any atom is 0.573 e. The molecule has 3 aromatic rings. The van der Waals surface area contributed by atoms with Gasteiger partial charge in [0.2, 0.25) is 5.88 Å². The zero-order valence-electron chi connectivity index (χ0n) is 13.3. The average Bonchev–Trinajstić information content (AvgIpc) is 3.18. The number of halogens is 4. The number of rotatable bonds is 5. The Morgan fingerprint density at radius 3 is 2.56 bits per heavy atom. The molecular weight excluding hydrogens is 407 g/mol. The Morgan fingerprint density at radius 1 is 1.26 bits per heavy atom. The van der Waals surface area contributed by atoms with E-state index in [0.717, 1.165) is 12.1 Å². The van der Waals surface area contributed by atoms with Gasteiger partial charge < -0.3 is 20.3 Å². The van der Waals surface area contributed by atoms with Gasteiger partial charge in [-0.25, -0.2) is 0 Å². The Bertz CT molecular complexity index is 954. The monoisotopic (exact) mass is 417 g/mol. The fourth-order valence-electron chi connectivity index (χ4n) is 2.21. The maximum absolute atomic E-state index is 12.5. The lowest BCUT2D eigenvalue weighted by Crippen LogP contribution is -2.23. The van der Waals surface area contributed by atoms with Gasteiger partial charge in [-0.3, -0.25) is 4.79 Å². The third kappa shape index (κ3) is 4.72. The Morgan fingerprint density at radius 2 is 1.96 bits per heavy atom. The van der Waals surface area contributed by atoms with E-state index in [1.165, 1.54) is 23.5 Å². The van der Waals surface area contributed by atoms with E-state index in [2.05, 4.69) is 15.2 Å². The SMILES string of the molecule is Nc1onc(-c2ccc(Cl)s2)c1C(=O)NCc1ccc(OC(F)(F)F)cc1. The molecule has 0 spiro atoms. The predicted molar refractivity (Wildman–Crippen MR) is 93.5 cm³/mol. The maximum atomic E-state index is 12.5. The molecule has 0 radical (unpaired) electrons. The summed E-state index contributed by atoms with van der Waals surface area (Å²) in [4.78, 5) is 13.1. The summed E-state index contributed by atoms with van der Waals surface area (Å²) in [5, 5.41) is 6.41. The standard InChI is InChI=1S/C16H11ClF3N3O3S/c17-11-6-5-10(27-11)13-12(14(21)26-23-13)15(24)22-7-8-1-3-9(4-2-8)25-16(18,19)20/h1-6H,7,21H2,(H,22,24). The van der Waals surface area contributed by atoms with Crippen LogP contribution in [-0.2, 0) is 6.54 Å². The summed E-state index contributed by atoms with van der Waals surface area (Å²) in [6.45, 7) is 0.0559. The molecule has 6 nitrogen and oxygen atoms in total. The molecule has 0 saturated carbocycles. The number of aromatic nitrogens is 1. The molecule has 0 bridgehead atoms. The fourth-order valence-corrected chi connectivity index (χ4v) is 3.24. The first-order chi connectivity index (χ1) is 12.7. The van der Waals surface area contributed by atoms with E-state index in [4.69, 9.17) is 21.9 Å². The number of nitrogens with two attached hydrogens (primary N) is 1. The highest BCUT2D eigenvalue weighted by molar-refractivity contribution is 7.19. The second kappa shape index (κ2) is 7.49. The molecule has 3 rings (SSSR count). The molecular formula is C16H11ClF3N3O3S. The highest BCUT2D eigenvalue weighted by Gasteiger charge is 2.31. The molecule has 0 fully saturated rings. The van der Waals surface area contributed by atoms with E-state index < -0.39 is 12.3 Å². The van der Waals surface area contributed by atoms with Crippen LogP contribution in [0.4, 0.5) is 19.1 Å². The summed E-state index contributed by atoms with van der Waals surface area (Å²) < 4.78 is 45.7. The first-order valence-corrected chi connectivity index (χ1v) is 8.56. The summed E-state index contributed by atoms with van der Waals surface area (Å²) in [6, 6.07) is 8.44. The largest absolute Gasteiger partial charge is 0.573 e. The Kier molecular flexibility index (Phi) is 5.29. The van der Waals surface area contributed by atoms with Gasteiger partial charge >= 0.3 is 6.36 Å². The fraction of sp³-hybridized carbons (Fsp3) is 0.125. The Labute approximate surface area is 159 Å². The lowest BCUT2D eigenvalue weighted by Gasteiger charge is -2.09. The molecule has 0 unspecified atom stereocenters. The van der Waals surface area contributed by atoms with E-state index in [9.17, 15) is 18.0 Å². The number of benzene rings is 1. The number of carbonyl (C=O) groups excluding carboxylic acids is 1. The van der Waals surface area contributed by atoms with Crippen molar-refractivity contribution in [1.82, 2.24) is 10.5 Å². The van der Waals surface area contributed by atoms with Crippen molar-refractivity contribution in [3.05, 3.63) is 51.9 Å². The van der Waals surface area contributed by atoms with Crippen LogP contribution >= 0.6 is 22.9 Å². The van der Waals surface area contributed by atoms with Gasteiger partial charge in [0.1, 0.15) is 17.0 Å². The first kappa shape index (κ1) is 19.1. The number of alkyl halides is 3. The number of amides is 1. The van der Waals surface area contributed by atoms with Gasteiger partial charge in [-0.1, -0.05) is 28.9 Å².